The molecule has 0 spiro atoms. The van der Waals surface area contributed by atoms with Crippen LogP contribution in [0.3, 0.4) is 0 Å². The highest BCUT2D eigenvalue weighted by atomic mass is 19.1. The number of halogens is 1. The van der Waals surface area contributed by atoms with Crippen molar-refractivity contribution in [3.05, 3.63) is 78.1 Å². The number of aromatic nitrogens is 2. The molecule has 0 saturated carbocycles. The van der Waals surface area contributed by atoms with E-state index >= 15 is 0 Å². The van der Waals surface area contributed by atoms with E-state index in [0.29, 0.717) is 31.4 Å². The van der Waals surface area contributed by atoms with Crippen molar-refractivity contribution in [2.45, 2.75) is 31.5 Å². The first-order valence-electron chi connectivity index (χ1n) is 11.1. The standard InChI is InChI=1S/C25H27FN4O2/c1-17(20-7-2-3-8-21(20)18-5-4-6-19(26)13-18)30-16-27-14-23(30)25(31)29-11-9-22-24(15-29)32-12-10-28-22/h2-8,13-14,16-17,22,24,28H,9-12,15H2,1H3/t17-,22-,24-/m0/s1. The second-order valence-corrected chi connectivity index (χ2v) is 8.47. The molecule has 3 heterocycles. The van der Waals surface area contributed by atoms with Crippen molar-refractivity contribution in [3.63, 3.8) is 0 Å². The van der Waals surface area contributed by atoms with Crippen LogP contribution in [0.5, 0.6) is 0 Å². The van der Waals surface area contributed by atoms with Crippen molar-refractivity contribution in [2.24, 2.45) is 0 Å². The Morgan fingerprint density at radius 3 is 3.00 bits per heavy atom. The number of nitrogens with one attached hydrogen (secondary N) is 1. The van der Waals surface area contributed by atoms with E-state index in [2.05, 4.69) is 10.3 Å². The van der Waals surface area contributed by atoms with Crippen molar-refractivity contribution in [2.75, 3.05) is 26.2 Å². The summed E-state index contributed by atoms with van der Waals surface area (Å²) in [4.78, 5) is 19.6. The molecule has 3 aromatic rings. The Morgan fingerprint density at radius 1 is 1.25 bits per heavy atom. The SMILES string of the molecule is C[C@@H](c1ccccc1-c1cccc(F)c1)n1cncc1C(=O)N1CC[C@@H]2NCCO[C@H]2C1. The number of hydrogen-bond donors (Lipinski definition) is 1. The molecule has 166 valence electrons. The number of likely N-dealkylation sites (tertiary alicyclic amines) is 1. The van der Waals surface area contributed by atoms with Crippen LogP contribution in [0.2, 0.25) is 0 Å². The van der Waals surface area contributed by atoms with Gasteiger partial charge in [-0.05, 0) is 42.2 Å². The highest BCUT2D eigenvalue weighted by molar-refractivity contribution is 5.92. The molecular weight excluding hydrogens is 407 g/mol. The van der Waals surface area contributed by atoms with Crippen LogP contribution in [-0.2, 0) is 4.74 Å². The number of piperidine rings is 1. The second-order valence-electron chi connectivity index (χ2n) is 8.47. The summed E-state index contributed by atoms with van der Waals surface area (Å²) in [6, 6.07) is 14.7. The first kappa shape index (κ1) is 20.8. The van der Waals surface area contributed by atoms with Crippen LogP contribution in [0.1, 0.15) is 35.4 Å². The molecule has 5 rings (SSSR count). The highest BCUT2D eigenvalue weighted by Crippen LogP contribution is 2.31. The Balaban J connectivity index is 1.42. The molecule has 7 heteroatoms. The fourth-order valence-electron chi connectivity index (χ4n) is 4.83. The number of fused-ring (bicyclic) bond motifs is 1. The van der Waals surface area contributed by atoms with Crippen LogP contribution in [0.25, 0.3) is 11.1 Å². The van der Waals surface area contributed by atoms with Gasteiger partial charge in [0.2, 0.25) is 0 Å². The molecule has 3 atom stereocenters. The van der Waals surface area contributed by atoms with Crippen LogP contribution in [-0.4, -0.2) is 58.7 Å². The van der Waals surface area contributed by atoms with Crippen LogP contribution in [0.15, 0.2) is 61.1 Å². The predicted octanol–water partition coefficient (Wildman–Crippen LogP) is 3.50. The maximum absolute atomic E-state index is 13.9. The van der Waals surface area contributed by atoms with E-state index in [-0.39, 0.29) is 23.9 Å². The molecule has 1 amide bonds. The first-order valence-corrected chi connectivity index (χ1v) is 11.1. The van der Waals surface area contributed by atoms with Gasteiger partial charge in [0, 0.05) is 25.7 Å². The van der Waals surface area contributed by atoms with Gasteiger partial charge in [-0.25, -0.2) is 9.37 Å². The van der Waals surface area contributed by atoms with Gasteiger partial charge in [-0.15, -0.1) is 0 Å². The summed E-state index contributed by atoms with van der Waals surface area (Å²) in [5, 5.41) is 3.48. The lowest BCUT2D eigenvalue weighted by molar-refractivity contribution is -0.0417. The number of nitrogens with zero attached hydrogens (tertiary/aromatic N) is 3. The average molecular weight is 435 g/mol. The molecule has 2 aliphatic heterocycles. The Kier molecular flexibility index (Phi) is 5.76. The maximum atomic E-state index is 13.9. The fraction of sp³-hybridized carbons (Fsp3) is 0.360. The van der Waals surface area contributed by atoms with E-state index < -0.39 is 0 Å². The first-order chi connectivity index (χ1) is 15.6. The molecule has 2 aliphatic rings. The van der Waals surface area contributed by atoms with Crippen molar-refractivity contribution >= 4 is 5.91 Å². The number of rotatable bonds is 4. The molecule has 6 nitrogen and oxygen atoms in total. The molecule has 0 radical (unpaired) electrons. The number of benzene rings is 2. The molecule has 0 unspecified atom stereocenters. The maximum Gasteiger partial charge on any atom is 0.272 e. The lowest BCUT2D eigenvalue weighted by Gasteiger charge is -2.41. The van der Waals surface area contributed by atoms with Gasteiger partial charge in [0.1, 0.15) is 11.5 Å². The van der Waals surface area contributed by atoms with Gasteiger partial charge in [0.05, 0.1) is 31.3 Å². The molecule has 0 aliphatic carbocycles. The molecule has 2 aromatic carbocycles. The minimum absolute atomic E-state index is 0.0314. The zero-order valence-electron chi connectivity index (χ0n) is 18.1. The minimum atomic E-state index is -0.272. The fourth-order valence-corrected chi connectivity index (χ4v) is 4.83. The summed E-state index contributed by atoms with van der Waals surface area (Å²) in [5.41, 5.74) is 3.30. The van der Waals surface area contributed by atoms with Gasteiger partial charge in [0.15, 0.2) is 0 Å². The summed E-state index contributed by atoms with van der Waals surface area (Å²) in [5.74, 6) is -0.309. The van der Waals surface area contributed by atoms with Crippen LogP contribution in [0.4, 0.5) is 4.39 Å². The van der Waals surface area contributed by atoms with Crippen LogP contribution >= 0.6 is 0 Å². The quantitative estimate of drug-likeness (QED) is 0.683. The average Bonchev–Trinajstić information content (AvgIpc) is 3.33. The Morgan fingerprint density at radius 2 is 2.12 bits per heavy atom. The Hall–Kier alpha value is -3.03. The molecule has 2 saturated heterocycles. The van der Waals surface area contributed by atoms with Gasteiger partial charge in [-0.2, -0.15) is 0 Å². The summed E-state index contributed by atoms with van der Waals surface area (Å²) >= 11 is 0. The van der Waals surface area contributed by atoms with Crippen molar-refractivity contribution in [1.29, 1.82) is 0 Å². The third-order valence-electron chi connectivity index (χ3n) is 6.54. The van der Waals surface area contributed by atoms with Crippen molar-refractivity contribution in [3.8, 4) is 11.1 Å². The van der Waals surface area contributed by atoms with E-state index in [0.717, 1.165) is 29.7 Å². The molecule has 0 bridgehead atoms. The Bertz CT molecular complexity index is 1110. The third kappa shape index (κ3) is 3.94. The van der Waals surface area contributed by atoms with Gasteiger partial charge in [-0.1, -0.05) is 36.4 Å². The second kappa shape index (κ2) is 8.84. The van der Waals surface area contributed by atoms with Gasteiger partial charge in [0.25, 0.3) is 5.91 Å². The van der Waals surface area contributed by atoms with E-state index in [1.165, 1.54) is 12.1 Å². The minimum Gasteiger partial charge on any atom is -0.373 e. The number of ether oxygens (including phenoxy) is 1. The number of hydrogen-bond acceptors (Lipinski definition) is 4. The smallest absolute Gasteiger partial charge is 0.272 e. The highest BCUT2D eigenvalue weighted by Gasteiger charge is 2.35. The molecular formula is C25H27FN4O2. The summed E-state index contributed by atoms with van der Waals surface area (Å²) in [7, 11) is 0. The monoisotopic (exact) mass is 434 g/mol. The van der Waals surface area contributed by atoms with E-state index in [9.17, 15) is 9.18 Å². The van der Waals surface area contributed by atoms with E-state index in [1.54, 1.807) is 18.6 Å². The molecule has 2 fully saturated rings. The van der Waals surface area contributed by atoms with Crippen molar-refractivity contribution < 1.29 is 13.9 Å². The van der Waals surface area contributed by atoms with Gasteiger partial charge < -0.3 is 19.5 Å². The molecule has 32 heavy (non-hydrogen) atoms. The van der Waals surface area contributed by atoms with E-state index in [1.807, 2.05) is 46.7 Å². The van der Waals surface area contributed by atoms with Crippen molar-refractivity contribution in [1.82, 2.24) is 19.8 Å². The van der Waals surface area contributed by atoms with Crippen LogP contribution < -0.4 is 5.32 Å². The number of carbonyl (C=O) groups is 1. The molecule has 1 aromatic heterocycles. The third-order valence-corrected chi connectivity index (χ3v) is 6.54. The number of morpholine rings is 1. The summed E-state index contributed by atoms with van der Waals surface area (Å²) < 4.78 is 21.7. The Labute approximate surface area is 187 Å². The number of carbonyl (C=O) groups excluding carboxylic acids is 1. The van der Waals surface area contributed by atoms with E-state index in [4.69, 9.17) is 4.74 Å². The van der Waals surface area contributed by atoms with Crippen LogP contribution in [0, 0.1) is 5.82 Å². The zero-order valence-corrected chi connectivity index (χ0v) is 18.1. The molecule has 1 N–H and O–H groups in total. The number of imidazole rings is 1. The zero-order chi connectivity index (χ0) is 22.1. The normalized spacial score (nSPS) is 21.8. The van der Waals surface area contributed by atoms with Gasteiger partial charge >= 0.3 is 0 Å². The largest absolute Gasteiger partial charge is 0.373 e. The number of amides is 1. The summed E-state index contributed by atoms with van der Waals surface area (Å²) in [6.45, 7) is 4.85. The summed E-state index contributed by atoms with van der Waals surface area (Å²) in [6.07, 6.45) is 4.24. The van der Waals surface area contributed by atoms with Gasteiger partial charge in [-0.3, -0.25) is 4.79 Å². The lowest BCUT2D eigenvalue weighted by Crippen LogP contribution is -2.58. The lowest BCUT2D eigenvalue weighted by atomic mass is 9.95. The predicted molar refractivity (Wildman–Crippen MR) is 120 cm³/mol. The topological polar surface area (TPSA) is 59.4 Å².